The number of hydrogen-bond donors (Lipinski definition) is 1. The van der Waals surface area contributed by atoms with Crippen molar-refractivity contribution in [2.24, 2.45) is 4.99 Å². The zero-order valence-corrected chi connectivity index (χ0v) is 18.7. The summed E-state index contributed by atoms with van der Waals surface area (Å²) < 4.78 is 0. The van der Waals surface area contributed by atoms with E-state index in [1.807, 2.05) is 42.5 Å². The Hall–Kier alpha value is -3.15. The first-order chi connectivity index (χ1) is 15.0. The Morgan fingerprint density at radius 2 is 1.71 bits per heavy atom. The van der Waals surface area contributed by atoms with Crippen LogP contribution in [-0.4, -0.2) is 48.9 Å². The fourth-order valence-electron chi connectivity index (χ4n) is 3.86. The average molecular weight is 421 g/mol. The lowest BCUT2D eigenvalue weighted by Gasteiger charge is -2.24. The van der Waals surface area contributed by atoms with Gasteiger partial charge in [-0.3, -0.25) is 9.59 Å². The molecule has 0 saturated heterocycles. The van der Waals surface area contributed by atoms with Gasteiger partial charge in [0.2, 0.25) is 12.1 Å². The van der Waals surface area contributed by atoms with E-state index < -0.39 is 6.17 Å². The van der Waals surface area contributed by atoms with Crippen LogP contribution in [0.5, 0.6) is 0 Å². The van der Waals surface area contributed by atoms with Crippen molar-refractivity contribution in [1.82, 2.24) is 10.2 Å². The Kier molecular flexibility index (Phi) is 7.82. The number of amidine groups is 1. The van der Waals surface area contributed by atoms with E-state index in [0.29, 0.717) is 6.42 Å². The molecule has 3 rings (SSSR count). The molecule has 2 amide bonds. The molecule has 6 nitrogen and oxygen atoms in total. The molecule has 0 aliphatic carbocycles. The molecule has 0 fully saturated rings. The van der Waals surface area contributed by atoms with Crippen molar-refractivity contribution in [2.45, 2.75) is 45.7 Å². The van der Waals surface area contributed by atoms with Crippen molar-refractivity contribution in [3.63, 3.8) is 0 Å². The van der Waals surface area contributed by atoms with Gasteiger partial charge in [0.15, 0.2) is 0 Å². The van der Waals surface area contributed by atoms with Crippen molar-refractivity contribution in [2.75, 3.05) is 25.0 Å². The maximum absolute atomic E-state index is 13.1. The highest BCUT2D eigenvalue weighted by molar-refractivity contribution is 6.12. The van der Waals surface area contributed by atoms with Crippen molar-refractivity contribution in [3.05, 3.63) is 65.7 Å². The number of aryl methyl sites for hydroxylation is 1. The number of carbonyl (C=O) groups excluding carboxylic acids is 2. The predicted octanol–water partition coefficient (Wildman–Crippen LogP) is 3.61. The van der Waals surface area contributed by atoms with Crippen molar-refractivity contribution < 1.29 is 9.59 Å². The van der Waals surface area contributed by atoms with Crippen LogP contribution in [0.3, 0.4) is 0 Å². The van der Waals surface area contributed by atoms with Crippen LogP contribution >= 0.6 is 0 Å². The van der Waals surface area contributed by atoms with Gasteiger partial charge in [-0.2, -0.15) is 0 Å². The molecule has 1 heterocycles. The number of rotatable bonds is 8. The van der Waals surface area contributed by atoms with E-state index in [9.17, 15) is 9.59 Å². The summed E-state index contributed by atoms with van der Waals surface area (Å²) in [5.74, 6) is 0.369. The first-order valence-corrected chi connectivity index (χ1v) is 11.1. The van der Waals surface area contributed by atoms with Crippen LogP contribution in [0.25, 0.3) is 0 Å². The molecule has 2 aromatic carbocycles. The predicted molar refractivity (Wildman–Crippen MR) is 125 cm³/mol. The molecule has 1 aliphatic rings. The number of aliphatic imine (C=N–C) groups is 1. The van der Waals surface area contributed by atoms with E-state index in [0.717, 1.165) is 49.4 Å². The third-order valence-electron chi connectivity index (χ3n) is 5.64. The minimum atomic E-state index is -0.922. The second kappa shape index (κ2) is 10.8. The molecule has 6 heteroatoms. The highest BCUT2D eigenvalue weighted by Gasteiger charge is 2.31. The van der Waals surface area contributed by atoms with E-state index in [4.69, 9.17) is 4.99 Å². The summed E-state index contributed by atoms with van der Waals surface area (Å²) in [4.78, 5) is 34.1. The molecular weight excluding hydrogens is 388 g/mol. The number of hydrogen-bond acceptors (Lipinski definition) is 4. The third kappa shape index (κ3) is 5.51. The Bertz CT molecular complexity index is 922. The first kappa shape index (κ1) is 22.5. The van der Waals surface area contributed by atoms with Gasteiger partial charge in [-0.05, 0) is 50.8 Å². The van der Waals surface area contributed by atoms with E-state index in [-0.39, 0.29) is 11.8 Å². The molecule has 164 valence electrons. The molecule has 0 aromatic heterocycles. The Morgan fingerprint density at radius 1 is 1.03 bits per heavy atom. The smallest absolute Gasteiger partial charge is 0.272 e. The van der Waals surface area contributed by atoms with Gasteiger partial charge in [0.25, 0.3) is 5.91 Å². The Balaban J connectivity index is 1.70. The minimum Gasteiger partial charge on any atom is -0.357 e. The fourth-order valence-corrected chi connectivity index (χ4v) is 3.86. The van der Waals surface area contributed by atoms with Crippen LogP contribution < -0.4 is 10.2 Å². The Morgan fingerprint density at radius 3 is 2.42 bits per heavy atom. The summed E-state index contributed by atoms with van der Waals surface area (Å²) in [5, 5.41) is 2.86. The van der Waals surface area contributed by atoms with Crippen LogP contribution in [0.2, 0.25) is 0 Å². The number of benzodiazepines with no additional fused rings is 1. The van der Waals surface area contributed by atoms with Crippen LogP contribution in [-0.2, 0) is 16.0 Å². The number of anilines is 1. The minimum absolute atomic E-state index is 0.145. The van der Waals surface area contributed by atoms with Crippen LogP contribution in [0, 0.1) is 0 Å². The number of likely N-dealkylation sites (N-methyl/N-ethyl adjacent to an activating group) is 1. The van der Waals surface area contributed by atoms with E-state index in [2.05, 4.69) is 36.2 Å². The number of nitrogens with one attached hydrogen (secondary N) is 1. The maximum Gasteiger partial charge on any atom is 0.272 e. The average Bonchev–Trinajstić information content (AvgIpc) is 2.90. The topological polar surface area (TPSA) is 65.0 Å². The van der Waals surface area contributed by atoms with Gasteiger partial charge >= 0.3 is 0 Å². The highest BCUT2D eigenvalue weighted by atomic mass is 16.2. The first-order valence-electron chi connectivity index (χ1n) is 11.1. The van der Waals surface area contributed by atoms with Gasteiger partial charge in [-0.15, -0.1) is 0 Å². The molecule has 2 aromatic rings. The van der Waals surface area contributed by atoms with E-state index in [1.165, 1.54) is 5.56 Å². The second-order valence-electron chi connectivity index (χ2n) is 7.70. The van der Waals surface area contributed by atoms with Crippen LogP contribution in [0.1, 0.15) is 44.2 Å². The molecule has 1 atom stereocenters. The standard InChI is InChI=1S/C25H32N4O2/c1-4-29(5-2)24-20-16-10-11-17-21(20)28(3)25(31)23(27-24)26-22(30)18-12-9-15-19-13-7-6-8-14-19/h6-8,10-11,13-14,16-17,23H,4-5,9,12,15,18H2,1-3H3,(H,26,30). The number of nitrogens with zero attached hydrogens (tertiary/aromatic N) is 3. The summed E-state index contributed by atoms with van der Waals surface area (Å²) in [5.41, 5.74) is 2.98. The Labute approximate surface area is 185 Å². The van der Waals surface area contributed by atoms with E-state index >= 15 is 0 Å². The van der Waals surface area contributed by atoms with Gasteiger partial charge < -0.3 is 15.1 Å². The normalized spacial score (nSPS) is 15.7. The molecule has 0 saturated carbocycles. The lowest BCUT2D eigenvalue weighted by Crippen LogP contribution is -2.46. The highest BCUT2D eigenvalue weighted by Crippen LogP contribution is 2.25. The summed E-state index contributed by atoms with van der Waals surface area (Å²) in [7, 11) is 1.74. The molecule has 0 radical (unpaired) electrons. The monoisotopic (exact) mass is 420 g/mol. The number of fused-ring (bicyclic) bond motifs is 1. The second-order valence-corrected chi connectivity index (χ2v) is 7.70. The molecule has 1 unspecified atom stereocenters. The molecule has 0 bridgehead atoms. The maximum atomic E-state index is 13.1. The summed E-state index contributed by atoms with van der Waals surface area (Å²) >= 11 is 0. The lowest BCUT2D eigenvalue weighted by molar-refractivity contribution is -0.127. The third-order valence-corrected chi connectivity index (χ3v) is 5.64. The number of amides is 2. The quantitative estimate of drug-likeness (QED) is 0.664. The van der Waals surface area contributed by atoms with E-state index in [1.54, 1.807) is 11.9 Å². The summed E-state index contributed by atoms with van der Waals surface area (Å²) in [6.45, 7) is 5.65. The number of carbonyl (C=O) groups is 2. The van der Waals surface area contributed by atoms with Crippen LogP contribution in [0.15, 0.2) is 59.6 Å². The van der Waals surface area contributed by atoms with Gasteiger partial charge in [-0.1, -0.05) is 42.5 Å². The molecule has 1 aliphatic heterocycles. The zero-order valence-electron chi connectivity index (χ0n) is 18.7. The fraction of sp³-hybridized carbons (Fsp3) is 0.400. The van der Waals surface area contributed by atoms with Crippen LogP contribution in [0.4, 0.5) is 5.69 Å². The number of para-hydroxylation sites is 1. The zero-order chi connectivity index (χ0) is 22.2. The lowest BCUT2D eigenvalue weighted by atomic mass is 10.1. The largest absolute Gasteiger partial charge is 0.357 e. The molecular formula is C25H32N4O2. The van der Waals surface area contributed by atoms with Gasteiger partial charge in [0.1, 0.15) is 5.84 Å². The van der Waals surface area contributed by atoms with Crippen molar-refractivity contribution in [3.8, 4) is 0 Å². The number of benzene rings is 2. The van der Waals surface area contributed by atoms with Gasteiger partial charge in [-0.25, -0.2) is 4.99 Å². The summed E-state index contributed by atoms with van der Waals surface area (Å²) in [6, 6.07) is 18.0. The van der Waals surface area contributed by atoms with Gasteiger partial charge in [0.05, 0.1) is 5.69 Å². The SMILES string of the molecule is CCN(CC)C1=NC(NC(=O)CCCCc2ccccc2)C(=O)N(C)c2ccccc21. The van der Waals surface area contributed by atoms with Crippen molar-refractivity contribution >= 4 is 23.3 Å². The summed E-state index contributed by atoms with van der Waals surface area (Å²) in [6.07, 6.45) is 2.09. The van der Waals surface area contributed by atoms with Gasteiger partial charge in [0, 0.05) is 32.1 Å². The van der Waals surface area contributed by atoms with Crippen molar-refractivity contribution in [1.29, 1.82) is 0 Å². The molecule has 1 N–H and O–H groups in total. The number of unbranched alkanes of at least 4 members (excludes halogenated alkanes) is 1. The molecule has 0 spiro atoms. The molecule has 31 heavy (non-hydrogen) atoms.